The van der Waals surface area contributed by atoms with Crippen LogP contribution in [0.15, 0.2) is 35.5 Å². The van der Waals surface area contributed by atoms with E-state index in [-0.39, 0.29) is 6.03 Å². The van der Waals surface area contributed by atoms with Gasteiger partial charge in [0.1, 0.15) is 0 Å². The first kappa shape index (κ1) is 15.1. The Morgan fingerprint density at radius 3 is 2.43 bits per heavy atom. The van der Waals surface area contributed by atoms with Crippen LogP contribution in [0.2, 0.25) is 0 Å². The van der Waals surface area contributed by atoms with Gasteiger partial charge in [-0.25, -0.2) is 9.59 Å². The highest BCUT2D eigenvalue weighted by Crippen LogP contribution is 2.31. The molecule has 1 N–H and O–H groups in total. The number of nitrogens with one attached hydrogen (secondary N) is 1. The number of hydrogen-bond acceptors (Lipinski definition) is 3. The van der Waals surface area contributed by atoms with Gasteiger partial charge in [-0.1, -0.05) is 29.8 Å². The second kappa shape index (κ2) is 5.99. The monoisotopic (exact) mass is 288 g/mol. The van der Waals surface area contributed by atoms with Crippen LogP contribution in [0.5, 0.6) is 0 Å². The summed E-state index contributed by atoms with van der Waals surface area (Å²) in [5.74, 6) is -0.420. The summed E-state index contributed by atoms with van der Waals surface area (Å²) in [5.41, 5.74) is 3.10. The van der Waals surface area contributed by atoms with Crippen LogP contribution in [-0.2, 0) is 9.53 Å². The summed E-state index contributed by atoms with van der Waals surface area (Å²) < 4.78 is 4.89. The second-order valence-corrected chi connectivity index (χ2v) is 5.03. The van der Waals surface area contributed by atoms with Crippen LogP contribution in [0.4, 0.5) is 4.79 Å². The van der Waals surface area contributed by atoms with Crippen molar-refractivity contribution in [1.29, 1.82) is 0 Å². The van der Waals surface area contributed by atoms with Crippen LogP contribution in [0.25, 0.3) is 0 Å². The number of rotatable bonds is 3. The van der Waals surface area contributed by atoms with Crippen molar-refractivity contribution >= 4 is 12.0 Å². The van der Waals surface area contributed by atoms with Crippen LogP contribution in [0, 0.1) is 6.92 Å². The third kappa shape index (κ3) is 2.77. The molecule has 1 aliphatic heterocycles. The molecule has 21 heavy (non-hydrogen) atoms. The Bertz CT molecular complexity index is 590. The molecule has 0 aliphatic carbocycles. The van der Waals surface area contributed by atoms with Crippen molar-refractivity contribution in [2.24, 2.45) is 0 Å². The highest BCUT2D eigenvalue weighted by molar-refractivity contribution is 5.94. The maximum absolute atomic E-state index is 12.2. The molecule has 0 aromatic heterocycles. The number of carbonyl (C=O) groups excluding carboxylic acids is 2. The number of ether oxygens (including phenoxy) is 1. The van der Waals surface area contributed by atoms with Crippen molar-refractivity contribution in [3.63, 3.8) is 0 Å². The van der Waals surface area contributed by atoms with Gasteiger partial charge in [0.05, 0.1) is 18.7 Å². The molecule has 2 rings (SSSR count). The largest absolute Gasteiger partial charge is 0.466 e. The number of amides is 2. The fraction of sp³-hybridized carbons (Fsp3) is 0.375. The van der Waals surface area contributed by atoms with Crippen LogP contribution in [-0.4, -0.2) is 30.6 Å². The molecular formula is C16H20N2O3. The van der Waals surface area contributed by atoms with Gasteiger partial charge in [-0.05, 0) is 26.3 Å². The summed E-state index contributed by atoms with van der Waals surface area (Å²) in [6.07, 6.45) is 0. The molecule has 5 heteroatoms. The maximum atomic E-state index is 12.2. The molecule has 0 bridgehead atoms. The summed E-state index contributed by atoms with van der Waals surface area (Å²) in [5, 5.41) is 2.88. The maximum Gasteiger partial charge on any atom is 0.337 e. The summed E-state index contributed by atoms with van der Waals surface area (Å²) >= 11 is 0. The Balaban J connectivity index is 2.52. The zero-order valence-corrected chi connectivity index (χ0v) is 12.8. The van der Waals surface area contributed by atoms with E-state index in [2.05, 4.69) is 5.32 Å². The molecule has 1 unspecified atom stereocenters. The van der Waals surface area contributed by atoms with E-state index in [9.17, 15) is 9.59 Å². The highest BCUT2D eigenvalue weighted by atomic mass is 16.5. The number of nitrogens with zero attached hydrogens (tertiary/aromatic N) is 1. The predicted octanol–water partition coefficient (Wildman–Crippen LogP) is 2.53. The smallest absolute Gasteiger partial charge is 0.337 e. The standard InChI is InChI=1S/C16H20N2O3/c1-5-18-11(3)13(15(19)21-4)14(17-16(18)20)12-8-6-10(2)7-9-12/h6-9,14H,5H2,1-4H3,(H,17,20). The molecule has 0 radical (unpaired) electrons. The van der Waals surface area contributed by atoms with Crippen molar-refractivity contribution in [3.05, 3.63) is 46.7 Å². The predicted molar refractivity (Wildman–Crippen MR) is 79.5 cm³/mol. The molecule has 1 aliphatic rings. The average molecular weight is 288 g/mol. The van der Waals surface area contributed by atoms with E-state index in [1.54, 1.807) is 6.92 Å². The Hall–Kier alpha value is -2.30. The zero-order chi connectivity index (χ0) is 15.6. The molecule has 0 spiro atoms. The lowest BCUT2D eigenvalue weighted by molar-refractivity contribution is -0.136. The van der Waals surface area contributed by atoms with E-state index in [1.165, 1.54) is 12.0 Å². The number of aryl methyl sites for hydroxylation is 1. The summed E-state index contributed by atoms with van der Waals surface area (Å²) in [7, 11) is 1.35. The number of esters is 1. The van der Waals surface area contributed by atoms with Gasteiger partial charge in [-0.15, -0.1) is 0 Å². The van der Waals surface area contributed by atoms with Gasteiger partial charge in [0.2, 0.25) is 0 Å². The summed E-state index contributed by atoms with van der Waals surface area (Å²) in [6.45, 7) is 6.13. The molecule has 5 nitrogen and oxygen atoms in total. The Morgan fingerprint density at radius 1 is 1.29 bits per heavy atom. The Labute approximate surface area is 124 Å². The number of urea groups is 1. The minimum atomic E-state index is -0.478. The molecule has 1 aromatic carbocycles. The topological polar surface area (TPSA) is 58.6 Å². The van der Waals surface area contributed by atoms with Crippen molar-refractivity contribution in [1.82, 2.24) is 10.2 Å². The molecule has 1 atom stereocenters. The zero-order valence-electron chi connectivity index (χ0n) is 12.8. The van der Waals surface area contributed by atoms with Crippen molar-refractivity contribution in [3.8, 4) is 0 Å². The van der Waals surface area contributed by atoms with E-state index < -0.39 is 12.0 Å². The number of allylic oxidation sites excluding steroid dienone is 1. The van der Waals surface area contributed by atoms with E-state index >= 15 is 0 Å². The SMILES string of the molecule is CCN1C(=O)NC(c2ccc(C)cc2)C(C(=O)OC)=C1C. The Kier molecular flexibility index (Phi) is 4.31. The van der Waals surface area contributed by atoms with E-state index in [1.807, 2.05) is 38.1 Å². The van der Waals surface area contributed by atoms with Gasteiger partial charge in [-0.3, -0.25) is 4.90 Å². The van der Waals surface area contributed by atoms with Crippen LogP contribution in [0.1, 0.15) is 31.0 Å². The fourth-order valence-electron chi connectivity index (χ4n) is 2.55. The highest BCUT2D eigenvalue weighted by Gasteiger charge is 2.35. The van der Waals surface area contributed by atoms with Crippen LogP contribution in [0.3, 0.4) is 0 Å². The molecule has 2 amide bonds. The molecule has 1 heterocycles. The van der Waals surface area contributed by atoms with E-state index in [0.29, 0.717) is 17.8 Å². The van der Waals surface area contributed by atoms with Crippen molar-refractivity contribution in [2.45, 2.75) is 26.8 Å². The molecule has 0 fully saturated rings. The third-order valence-corrected chi connectivity index (χ3v) is 3.73. The molecule has 0 saturated carbocycles. The van der Waals surface area contributed by atoms with Gasteiger partial charge in [0.25, 0.3) is 0 Å². The number of benzene rings is 1. The van der Waals surface area contributed by atoms with Gasteiger partial charge >= 0.3 is 12.0 Å². The fourth-order valence-corrected chi connectivity index (χ4v) is 2.55. The lowest BCUT2D eigenvalue weighted by Crippen LogP contribution is -2.47. The van der Waals surface area contributed by atoms with E-state index in [0.717, 1.165) is 11.1 Å². The average Bonchev–Trinajstić information content (AvgIpc) is 2.47. The normalized spacial score (nSPS) is 18.6. The lowest BCUT2D eigenvalue weighted by Gasteiger charge is -2.34. The summed E-state index contributed by atoms with van der Waals surface area (Å²) in [4.78, 5) is 25.8. The van der Waals surface area contributed by atoms with E-state index in [4.69, 9.17) is 4.74 Å². The van der Waals surface area contributed by atoms with Gasteiger partial charge < -0.3 is 10.1 Å². The lowest BCUT2D eigenvalue weighted by atomic mass is 9.94. The molecule has 1 aromatic rings. The minimum Gasteiger partial charge on any atom is -0.466 e. The number of hydrogen-bond donors (Lipinski definition) is 1. The van der Waals surface area contributed by atoms with Crippen molar-refractivity contribution in [2.75, 3.05) is 13.7 Å². The third-order valence-electron chi connectivity index (χ3n) is 3.73. The Morgan fingerprint density at radius 2 is 1.90 bits per heavy atom. The first-order chi connectivity index (χ1) is 9.99. The van der Waals surface area contributed by atoms with Gasteiger partial charge in [-0.2, -0.15) is 0 Å². The molecular weight excluding hydrogens is 268 g/mol. The molecule has 112 valence electrons. The quantitative estimate of drug-likeness (QED) is 0.869. The number of carbonyl (C=O) groups is 2. The van der Waals surface area contributed by atoms with Crippen molar-refractivity contribution < 1.29 is 14.3 Å². The van der Waals surface area contributed by atoms with Crippen LogP contribution >= 0.6 is 0 Å². The van der Waals surface area contributed by atoms with Gasteiger partial charge in [0.15, 0.2) is 0 Å². The minimum absolute atomic E-state index is 0.201. The summed E-state index contributed by atoms with van der Waals surface area (Å²) in [6, 6.07) is 7.06. The first-order valence-electron chi connectivity index (χ1n) is 6.93. The first-order valence-corrected chi connectivity index (χ1v) is 6.93. The van der Waals surface area contributed by atoms with Crippen LogP contribution < -0.4 is 5.32 Å². The second-order valence-electron chi connectivity index (χ2n) is 5.03. The molecule has 0 saturated heterocycles. The number of methoxy groups -OCH3 is 1. The van der Waals surface area contributed by atoms with Gasteiger partial charge in [0, 0.05) is 12.2 Å².